The summed E-state index contributed by atoms with van der Waals surface area (Å²) in [6, 6.07) is 13.6. The van der Waals surface area contributed by atoms with Crippen LogP contribution in [0.5, 0.6) is 0 Å². The Hall–Kier alpha value is -2.11. The molecule has 130 valence electrons. The summed E-state index contributed by atoms with van der Waals surface area (Å²) in [4.78, 5) is 17.9. The molecule has 0 saturated heterocycles. The fourth-order valence-corrected chi connectivity index (χ4v) is 3.72. The number of para-hydroxylation sites is 1. The van der Waals surface area contributed by atoms with E-state index in [2.05, 4.69) is 6.07 Å². The van der Waals surface area contributed by atoms with Gasteiger partial charge >= 0.3 is 0 Å². The maximum atomic E-state index is 13.1. The van der Waals surface area contributed by atoms with E-state index in [1.54, 1.807) is 16.3 Å². The molecule has 1 heterocycles. The van der Waals surface area contributed by atoms with Crippen molar-refractivity contribution in [2.45, 2.75) is 25.9 Å². The van der Waals surface area contributed by atoms with Crippen LogP contribution < -0.4 is 5.56 Å². The average molecular weight is 354 g/mol. The number of hydrogen-bond donors (Lipinski definition) is 0. The standard InChI is InChI=1S/C20H22N2O2S/c1-4-24-9-10-25-20-21-18-8-6-5-7-17(18)19(23)22(20)16-12-14(2)11-15(3)13-16/h5-8,11-13H,4,9-10H2,1-3H3. The molecule has 2 aromatic carbocycles. The fraction of sp³-hybridized carbons (Fsp3) is 0.300. The zero-order valence-corrected chi connectivity index (χ0v) is 15.6. The van der Waals surface area contributed by atoms with E-state index in [0.717, 1.165) is 28.1 Å². The molecular formula is C20H22N2O2S. The molecule has 0 bridgehead atoms. The van der Waals surface area contributed by atoms with Crippen LogP contribution >= 0.6 is 11.8 Å². The SMILES string of the molecule is CCOCCSc1nc2ccccc2c(=O)n1-c1cc(C)cc(C)c1. The molecule has 5 heteroatoms. The number of aromatic nitrogens is 2. The number of fused-ring (bicyclic) bond motifs is 1. The Labute approximate surface area is 151 Å². The number of rotatable bonds is 6. The third-order valence-corrected chi connectivity index (χ3v) is 4.78. The number of aryl methyl sites for hydroxylation is 2. The molecule has 0 aliphatic carbocycles. The van der Waals surface area contributed by atoms with E-state index in [4.69, 9.17) is 9.72 Å². The van der Waals surface area contributed by atoms with E-state index < -0.39 is 0 Å². The molecule has 0 unspecified atom stereocenters. The number of thioether (sulfide) groups is 1. The van der Waals surface area contributed by atoms with Gasteiger partial charge in [-0.25, -0.2) is 4.98 Å². The van der Waals surface area contributed by atoms with Gasteiger partial charge in [0.25, 0.3) is 5.56 Å². The Morgan fingerprint density at radius 3 is 2.56 bits per heavy atom. The summed E-state index contributed by atoms with van der Waals surface area (Å²) in [7, 11) is 0. The van der Waals surface area contributed by atoms with E-state index in [1.165, 1.54) is 0 Å². The van der Waals surface area contributed by atoms with Crippen LogP contribution in [0.2, 0.25) is 0 Å². The second-order valence-corrected chi connectivity index (χ2v) is 7.01. The highest BCUT2D eigenvalue weighted by Crippen LogP contribution is 2.22. The highest BCUT2D eigenvalue weighted by Gasteiger charge is 2.13. The summed E-state index contributed by atoms with van der Waals surface area (Å²) in [6.45, 7) is 7.38. The normalized spacial score (nSPS) is 11.2. The highest BCUT2D eigenvalue weighted by molar-refractivity contribution is 7.99. The second-order valence-electron chi connectivity index (χ2n) is 5.94. The third kappa shape index (κ3) is 3.94. The highest BCUT2D eigenvalue weighted by atomic mass is 32.2. The quantitative estimate of drug-likeness (QED) is 0.379. The first-order valence-electron chi connectivity index (χ1n) is 8.41. The molecular weight excluding hydrogens is 332 g/mol. The van der Waals surface area contributed by atoms with Gasteiger partial charge in [-0.05, 0) is 56.2 Å². The second kappa shape index (κ2) is 7.85. The molecule has 4 nitrogen and oxygen atoms in total. The molecule has 0 fully saturated rings. The average Bonchev–Trinajstić information content (AvgIpc) is 2.58. The van der Waals surface area contributed by atoms with Gasteiger partial charge in [0.2, 0.25) is 0 Å². The molecule has 1 aromatic heterocycles. The minimum atomic E-state index is -0.0329. The monoisotopic (exact) mass is 354 g/mol. The van der Waals surface area contributed by atoms with Gasteiger partial charge in [-0.1, -0.05) is 30.0 Å². The predicted molar refractivity (Wildman–Crippen MR) is 104 cm³/mol. The lowest BCUT2D eigenvalue weighted by Gasteiger charge is -2.14. The van der Waals surface area contributed by atoms with E-state index >= 15 is 0 Å². The van der Waals surface area contributed by atoms with Crippen LogP contribution in [0.25, 0.3) is 16.6 Å². The summed E-state index contributed by atoms with van der Waals surface area (Å²) in [5.41, 5.74) is 3.81. The van der Waals surface area contributed by atoms with Crippen LogP contribution in [0.3, 0.4) is 0 Å². The summed E-state index contributed by atoms with van der Waals surface area (Å²) in [5, 5.41) is 1.34. The first-order valence-corrected chi connectivity index (χ1v) is 9.39. The van der Waals surface area contributed by atoms with Gasteiger partial charge < -0.3 is 4.74 Å². The van der Waals surface area contributed by atoms with Crippen LogP contribution in [0.1, 0.15) is 18.1 Å². The zero-order chi connectivity index (χ0) is 17.8. The van der Waals surface area contributed by atoms with Crippen molar-refractivity contribution in [3.63, 3.8) is 0 Å². The molecule has 0 amide bonds. The fourth-order valence-electron chi connectivity index (χ4n) is 2.85. The maximum Gasteiger partial charge on any atom is 0.266 e. The van der Waals surface area contributed by atoms with Gasteiger partial charge in [-0.15, -0.1) is 0 Å². The number of hydrogen-bond acceptors (Lipinski definition) is 4. The van der Waals surface area contributed by atoms with Crippen molar-refractivity contribution < 1.29 is 4.74 Å². The van der Waals surface area contributed by atoms with E-state index in [9.17, 15) is 4.79 Å². The van der Waals surface area contributed by atoms with Gasteiger partial charge in [0.15, 0.2) is 5.16 Å². The van der Waals surface area contributed by atoms with Crippen molar-refractivity contribution >= 4 is 22.7 Å². The molecule has 0 N–H and O–H groups in total. The van der Waals surface area contributed by atoms with Crippen molar-refractivity contribution in [2.24, 2.45) is 0 Å². The molecule has 0 aliphatic rings. The van der Waals surface area contributed by atoms with Gasteiger partial charge in [0.05, 0.1) is 23.2 Å². The van der Waals surface area contributed by atoms with Gasteiger partial charge in [-0.2, -0.15) is 0 Å². The van der Waals surface area contributed by atoms with Crippen molar-refractivity contribution in [2.75, 3.05) is 19.0 Å². The van der Waals surface area contributed by atoms with E-state index in [1.807, 2.05) is 57.2 Å². The lowest BCUT2D eigenvalue weighted by Crippen LogP contribution is -2.22. The third-order valence-electron chi connectivity index (χ3n) is 3.87. The summed E-state index contributed by atoms with van der Waals surface area (Å²) >= 11 is 1.55. The Bertz CT molecular complexity index is 930. The predicted octanol–water partition coefficient (Wildman–Crippen LogP) is 4.13. The number of nitrogens with zero attached hydrogens (tertiary/aromatic N) is 2. The lowest BCUT2D eigenvalue weighted by molar-refractivity contribution is 0.164. The topological polar surface area (TPSA) is 44.1 Å². The van der Waals surface area contributed by atoms with Gasteiger partial charge in [0, 0.05) is 12.4 Å². The molecule has 0 radical (unpaired) electrons. The summed E-state index contributed by atoms with van der Waals surface area (Å²) in [6.07, 6.45) is 0. The Balaban J connectivity index is 2.16. The first kappa shape index (κ1) is 17.7. The number of ether oxygens (including phenoxy) is 1. The van der Waals surface area contributed by atoms with Crippen molar-refractivity contribution in [3.8, 4) is 5.69 Å². The Morgan fingerprint density at radius 1 is 1.12 bits per heavy atom. The molecule has 0 atom stereocenters. The van der Waals surface area contributed by atoms with Crippen LogP contribution in [-0.2, 0) is 4.74 Å². The van der Waals surface area contributed by atoms with Crippen LogP contribution in [0.4, 0.5) is 0 Å². The van der Waals surface area contributed by atoms with Crippen LogP contribution in [-0.4, -0.2) is 28.5 Å². The minimum Gasteiger partial charge on any atom is -0.381 e. The first-order chi connectivity index (χ1) is 12.1. The maximum absolute atomic E-state index is 13.1. The molecule has 0 spiro atoms. The molecule has 3 rings (SSSR count). The molecule has 0 saturated carbocycles. The van der Waals surface area contributed by atoms with E-state index in [-0.39, 0.29) is 5.56 Å². The lowest BCUT2D eigenvalue weighted by atomic mass is 10.1. The Morgan fingerprint density at radius 2 is 1.84 bits per heavy atom. The van der Waals surface area contributed by atoms with Crippen LogP contribution in [0, 0.1) is 13.8 Å². The molecule has 0 aliphatic heterocycles. The summed E-state index contributed by atoms with van der Waals surface area (Å²) in [5.74, 6) is 0.753. The van der Waals surface area contributed by atoms with Crippen molar-refractivity contribution in [1.82, 2.24) is 9.55 Å². The molecule has 3 aromatic rings. The molecule has 25 heavy (non-hydrogen) atoms. The Kier molecular flexibility index (Phi) is 5.56. The van der Waals surface area contributed by atoms with Crippen LogP contribution in [0.15, 0.2) is 52.4 Å². The van der Waals surface area contributed by atoms with Gasteiger partial charge in [-0.3, -0.25) is 9.36 Å². The smallest absolute Gasteiger partial charge is 0.266 e. The number of benzene rings is 2. The van der Waals surface area contributed by atoms with Crippen molar-refractivity contribution in [3.05, 3.63) is 63.9 Å². The summed E-state index contributed by atoms with van der Waals surface area (Å²) < 4.78 is 7.14. The van der Waals surface area contributed by atoms with Gasteiger partial charge in [0.1, 0.15) is 0 Å². The zero-order valence-electron chi connectivity index (χ0n) is 14.8. The van der Waals surface area contributed by atoms with E-state index in [0.29, 0.717) is 23.8 Å². The largest absolute Gasteiger partial charge is 0.381 e. The minimum absolute atomic E-state index is 0.0329. The van der Waals surface area contributed by atoms with Crippen molar-refractivity contribution in [1.29, 1.82) is 0 Å².